The Morgan fingerprint density at radius 3 is 2.45 bits per heavy atom. The van der Waals surface area contributed by atoms with Crippen LogP contribution in [0.3, 0.4) is 0 Å². The van der Waals surface area contributed by atoms with Gasteiger partial charge in [-0.2, -0.15) is 0 Å². The molecule has 1 aromatic carbocycles. The normalized spacial score (nSPS) is 11.5. The van der Waals surface area contributed by atoms with Crippen LogP contribution >= 0.6 is 15.9 Å². The summed E-state index contributed by atoms with van der Waals surface area (Å²) in [5.74, 6) is -3.61. The summed E-state index contributed by atoms with van der Waals surface area (Å²) >= 11 is 3.04. The third-order valence-corrected chi connectivity index (χ3v) is 2.65. The maximum Gasteiger partial charge on any atom is 0.326 e. The number of aliphatic carboxylic acids is 2. The second-order valence-corrected chi connectivity index (χ2v) is 4.63. The second-order valence-electron chi connectivity index (χ2n) is 3.71. The molecule has 0 aliphatic heterocycles. The van der Waals surface area contributed by atoms with Crippen LogP contribution in [0.15, 0.2) is 22.7 Å². The van der Waals surface area contributed by atoms with Gasteiger partial charge in [0.1, 0.15) is 11.9 Å². The zero-order valence-corrected chi connectivity index (χ0v) is 11.5. The van der Waals surface area contributed by atoms with Gasteiger partial charge >= 0.3 is 18.0 Å². The van der Waals surface area contributed by atoms with E-state index in [0.717, 1.165) is 6.07 Å². The maximum absolute atomic E-state index is 13.4. The zero-order chi connectivity index (χ0) is 15.3. The van der Waals surface area contributed by atoms with Gasteiger partial charge in [0.05, 0.1) is 12.1 Å². The van der Waals surface area contributed by atoms with Gasteiger partial charge in [0, 0.05) is 4.47 Å². The molecule has 0 heterocycles. The SMILES string of the molecule is O=C(O)C[C@H](NC(=O)Nc1ccc(Br)cc1F)C(=O)O. The Bertz CT molecular complexity index is 552. The van der Waals surface area contributed by atoms with E-state index in [-0.39, 0.29) is 5.69 Å². The van der Waals surface area contributed by atoms with Gasteiger partial charge in [-0.15, -0.1) is 0 Å². The topological polar surface area (TPSA) is 116 Å². The average molecular weight is 349 g/mol. The first-order valence-corrected chi connectivity index (χ1v) is 6.06. The molecule has 0 fully saturated rings. The summed E-state index contributed by atoms with van der Waals surface area (Å²) in [6, 6.07) is 1.24. The lowest BCUT2D eigenvalue weighted by molar-refractivity contribution is -0.145. The molecule has 20 heavy (non-hydrogen) atoms. The summed E-state index contributed by atoms with van der Waals surface area (Å²) in [4.78, 5) is 32.7. The fraction of sp³-hybridized carbons (Fsp3) is 0.182. The number of carbonyl (C=O) groups is 3. The molecule has 1 aromatic rings. The van der Waals surface area contributed by atoms with Crippen molar-refractivity contribution < 1.29 is 29.0 Å². The van der Waals surface area contributed by atoms with Crippen LogP contribution in [0, 0.1) is 5.82 Å². The Hall–Kier alpha value is -2.16. The highest BCUT2D eigenvalue weighted by atomic mass is 79.9. The third kappa shape index (κ3) is 4.84. The van der Waals surface area contributed by atoms with E-state index in [1.807, 2.05) is 5.32 Å². The number of amides is 2. The van der Waals surface area contributed by atoms with E-state index in [9.17, 15) is 18.8 Å². The summed E-state index contributed by atoms with van der Waals surface area (Å²) in [5, 5.41) is 21.3. The molecule has 1 rings (SSSR count). The van der Waals surface area contributed by atoms with Crippen LogP contribution in [0.5, 0.6) is 0 Å². The summed E-state index contributed by atoms with van der Waals surface area (Å²) in [6.45, 7) is 0. The molecule has 2 amide bonds. The molecule has 0 unspecified atom stereocenters. The van der Waals surface area contributed by atoms with E-state index in [2.05, 4.69) is 21.2 Å². The van der Waals surface area contributed by atoms with Crippen molar-refractivity contribution in [2.45, 2.75) is 12.5 Å². The number of nitrogens with one attached hydrogen (secondary N) is 2. The lowest BCUT2D eigenvalue weighted by Gasteiger charge is -2.13. The molecule has 0 aliphatic rings. The molecule has 0 saturated heterocycles. The Kier molecular flexibility index (Phi) is 5.44. The van der Waals surface area contributed by atoms with E-state index in [0.29, 0.717) is 4.47 Å². The lowest BCUT2D eigenvalue weighted by atomic mass is 10.2. The quantitative estimate of drug-likeness (QED) is 0.645. The number of hydrogen-bond donors (Lipinski definition) is 4. The number of carboxylic acids is 2. The van der Waals surface area contributed by atoms with Crippen LogP contribution in [-0.2, 0) is 9.59 Å². The Morgan fingerprint density at radius 1 is 1.30 bits per heavy atom. The molecule has 0 saturated carbocycles. The first-order valence-electron chi connectivity index (χ1n) is 5.26. The Morgan fingerprint density at radius 2 is 1.95 bits per heavy atom. The number of carboxylic acid groups (broad SMARTS) is 2. The summed E-state index contributed by atoms with van der Waals surface area (Å²) < 4.78 is 13.9. The zero-order valence-electron chi connectivity index (χ0n) is 9.89. The summed E-state index contributed by atoms with van der Waals surface area (Å²) in [7, 11) is 0. The molecule has 7 nitrogen and oxygen atoms in total. The smallest absolute Gasteiger partial charge is 0.326 e. The van der Waals surface area contributed by atoms with E-state index < -0.39 is 36.2 Å². The molecular formula is C11H10BrFN2O5. The monoisotopic (exact) mass is 348 g/mol. The van der Waals surface area contributed by atoms with Crippen molar-refractivity contribution in [1.29, 1.82) is 0 Å². The number of anilines is 1. The summed E-state index contributed by atoms with van der Waals surface area (Å²) in [6.07, 6.45) is -0.786. The number of urea groups is 1. The van der Waals surface area contributed by atoms with Crippen molar-refractivity contribution in [1.82, 2.24) is 5.32 Å². The number of halogens is 2. The molecule has 0 radical (unpaired) electrons. The van der Waals surface area contributed by atoms with Gasteiger partial charge in [0.2, 0.25) is 0 Å². The van der Waals surface area contributed by atoms with Crippen LogP contribution < -0.4 is 10.6 Å². The van der Waals surface area contributed by atoms with Gasteiger partial charge in [-0.1, -0.05) is 15.9 Å². The molecule has 1 atom stereocenters. The second kappa shape index (κ2) is 6.85. The van der Waals surface area contributed by atoms with Crippen LogP contribution in [-0.4, -0.2) is 34.2 Å². The highest BCUT2D eigenvalue weighted by Gasteiger charge is 2.23. The number of hydrogen-bond acceptors (Lipinski definition) is 3. The van der Waals surface area contributed by atoms with Gasteiger partial charge in [-0.05, 0) is 18.2 Å². The standard InChI is InChI=1S/C11H10BrFN2O5/c12-5-1-2-7(6(13)3-5)14-11(20)15-8(10(18)19)4-9(16)17/h1-3,8H,4H2,(H,16,17)(H,18,19)(H2,14,15,20)/t8-/m0/s1. The van der Waals surface area contributed by atoms with E-state index in [4.69, 9.17) is 10.2 Å². The van der Waals surface area contributed by atoms with Crippen LogP contribution in [0.2, 0.25) is 0 Å². The Balaban J connectivity index is 2.70. The minimum atomic E-state index is -1.61. The maximum atomic E-state index is 13.4. The van der Waals surface area contributed by atoms with Crippen molar-refractivity contribution in [2.75, 3.05) is 5.32 Å². The van der Waals surface area contributed by atoms with Crippen molar-refractivity contribution in [2.24, 2.45) is 0 Å². The molecular weight excluding hydrogens is 339 g/mol. The summed E-state index contributed by atoms with van der Waals surface area (Å²) in [5.41, 5.74) is -0.162. The lowest BCUT2D eigenvalue weighted by Crippen LogP contribution is -2.44. The van der Waals surface area contributed by atoms with E-state index in [1.54, 1.807) is 0 Å². The minimum absolute atomic E-state index is 0.162. The number of rotatable bonds is 5. The van der Waals surface area contributed by atoms with E-state index in [1.165, 1.54) is 12.1 Å². The average Bonchev–Trinajstić information content (AvgIpc) is 2.31. The van der Waals surface area contributed by atoms with Crippen molar-refractivity contribution in [3.63, 3.8) is 0 Å². The minimum Gasteiger partial charge on any atom is -0.481 e. The molecule has 0 aliphatic carbocycles. The fourth-order valence-electron chi connectivity index (χ4n) is 1.28. The van der Waals surface area contributed by atoms with Crippen molar-refractivity contribution in [3.8, 4) is 0 Å². The van der Waals surface area contributed by atoms with Crippen LogP contribution in [0.4, 0.5) is 14.9 Å². The van der Waals surface area contributed by atoms with Crippen molar-refractivity contribution >= 4 is 39.6 Å². The predicted molar refractivity (Wildman–Crippen MR) is 69.9 cm³/mol. The largest absolute Gasteiger partial charge is 0.481 e. The molecule has 0 spiro atoms. The first kappa shape index (κ1) is 15.9. The van der Waals surface area contributed by atoms with Gasteiger partial charge < -0.3 is 20.8 Å². The third-order valence-electron chi connectivity index (χ3n) is 2.16. The molecule has 9 heteroatoms. The Labute approximate surface area is 120 Å². The predicted octanol–water partition coefficient (Wildman–Crippen LogP) is 1.64. The van der Waals surface area contributed by atoms with Gasteiger partial charge in [-0.3, -0.25) is 4.79 Å². The molecule has 108 valence electrons. The first-order chi connectivity index (χ1) is 9.29. The highest BCUT2D eigenvalue weighted by molar-refractivity contribution is 9.10. The fourth-order valence-corrected chi connectivity index (χ4v) is 1.62. The van der Waals surface area contributed by atoms with Gasteiger partial charge in [-0.25, -0.2) is 14.0 Å². The van der Waals surface area contributed by atoms with E-state index >= 15 is 0 Å². The number of carbonyl (C=O) groups excluding carboxylic acids is 1. The van der Waals surface area contributed by atoms with Crippen LogP contribution in [0.1, 0.15) is 6.42 Å². The highest BCUT2D eigenvalue weighted by Crippen LogP contribution is 2.19. The van der Waals surface area contributed by atoms with Gasteiger partial charge in [0.25, 0.3) is 0 Å². The van der Waals surface area contributed by atoms with Gasteiger partial charge in [0.15, 0.2) is 0 Å². The molecule has 0 aromatic heterocycles. The molecule has 4 N–H and O–H groups in total. The van der Waals surface area contributed by atoms with Crippen molar-refractivity contribution in [3.05, 3.63) is 28.5 Å². The number of benzene rings is 1. The van der Waals surface area contributed by atoms with Crippen LogP contribution in [0.25, 0.3) is 0 Å². The molecule has 0 bridgehead atoms.